The second kappa shape index (κ2) is 3.48. The van der Waals surface area contributed by atoms with Crippen LogP contribution in [0.4, 0.5) is 22.0 Å². The highest BCUT2D eigenvalue weighted by Crippen LogP contribution is 2.30. The van der Waals surface area contributed by atoms with Crippen LogP contribution in [-0.2, 0) is 6.30 Å². The molecule has 0 atom stereocenters. The maximum absolute atomic E-state index is 12.2. The molecule has 0 fully saturated rings. The van der Waals surface area contributed by atoms with Gasteiger partial charge in [0.1, 0.15) is 11.3 Å². The molecule has 0 spiro atoms. The van der Waals surface area contributed by atoms with Crippen LogP contribution in [0.2, 0.25) is 0 Å². The summed E-state index contributed by atoms with van der Waals surface area (Å²) in [7, 11) is 0. The number of hydrogen-bond donors (Lipinski definition) is 1. The number of rotatable bonds is 2. The Hall–Kier alpha value is -1.67. The van der Waals surface area contributed by atoms with Crippen LogP contribution in [0.5, 0.6) is 0 Å². The highest BCUT2D eigenvalue weighted by Gasteiger charge is 2.39. The van der Waals surface area contributed by atoms with Crippen molar-refractivity contribution in [2.45, 2.75) is 12.7 Å². The van der Waals surface area contributed by atoms with Crippen LogP contribution >= 0.6 is 0 Å². The van der Waals surface area contributed by atoms with Crippen LogP contribution in [0.1, 0.15) is 22.5 Å². The van der Waals surface area contributed by atoms with E-state index in [0.717, 1.165) is 0 Å². The second-order valence-corrected chi connectivity index (χ2v) is 2.43. The summed E-state index contributed by atoms with van der Waals surface area (Å²) in [4.78, 5) is 10.3. The molecular weight excluding hydrogens is 227 g/mol. The first-order valence-electron chi connectivity index (χ1n) is 3.41. The van der Waals surface area contributed by atoms with E-state index in [-0.39, 0.29) is 6.20 Å². The summed E-state index contributed by atoms with van der Waals surface area (Å²) in [5.74, 6) is -1.89. The SMILES string of the molecule is O=C(O)c1cnn(C(F)(F)F)c1C(F)F. The zero-order valence-electron chi connectivity index (χ0n) is 6.79. The first-order chi connectivity index (χ1) is 6.75. The van der Waals surface area contributed by atoms with Gasteiger partial charge in [0.05, 0.1) is 6.20 Å². The van der Waals surface area contributed by atoms with E-state index >= 15 is 0 Å². The Morgan fingerprint density at radius 1 is 1.47 bits per heavy atom. The molecule has 0 bridgehead atoms. The first kappa shape index (κ1) is 11.4. The number of halogens is 5. The summed E-state index contributed by atoms with van der Waals surface area (Å²) in [5.41, 5.74) is -2.84. The third-order valence-corrected chi connectivity index (χ3v) is 1.48. The second-order valence-electron chi connectivity index (χ2n) is 2.43. The van der Waals surface area contributed by atoms with Crippen LogP contribution in [0.3, 0.4) is 0 Å². The van der Waals surface area contributed by atoms with Gasteiger partial charge in [-0.2, -0.15) is 9.78 Å². The number of carbonyl (C=O) groups is 1. The highest BCUT2D eigenvalue weighted by molar-refractivity contribution is 5.88. The van der Waals surface area contributed by atoms with Gasteiger partial charge in [0, 0.05) is 0 Å². The summed E-state index contributed by atoms with van der Waals surface area (Å²) in [6.45, 7) is 0. The fourth-order valence-corrected chi connectivity index (χ4v) is 0.935. The van der Waals surface area contributed by atoms with E-state index in [4.69, 9.17) is 5.11 Å². The lowest BCUT2D eigenvalue weighted by Crippen LogP contribution is -2.22. The maximum atomic E-state index is 12.2. The molecule has 0 aliphatic rings. The molecule has 0 aliphatic carbocycles. The standard InChI is InChI=1S/C6H3F5N2O2/c7-4(8)3-2(5(14)15)1-12-13(3)6(9,10)11/h1,4H,(H,14,15). The minimum Gasteiger partial charge on any atom is -0.478 e. The lowest BCUT2D eigenvalue weighted by atomic mass is 10.2. The Labute approximate surface area is 78.9 Å². The molecule has 4 nitrogen and oxygen atoms in total. The van der Waals surface area contributed by atoms with E-state index in [2.05, 4.69) is 5.10 Å². The van der Waals surface area contributed by atoms with Crippen molar-refractivity contribution in [1.82, 2.24) is 9.78 Å². The zero-order valence-corrected chi connectivity index (χ0v) is 6.79. The molecule has 1 aromatic rings. The van der Waals surface area contributed by atoms with Gasteiger partial charge in [-0.05, 0) is 0 Å². The molecule has 1 heterocycles. The molecule has 1 N–H and O–H groups in total. The largest absolute Gasteiger partial charge is 0.504 e. The van der Waals surface area contributed by atoms with Gasteiger partial charge in [-0.25, -0.2) is 13.6 Å². The van der Waals surface area contributed by atoms with Crippen molar-refractivity contribution in [3.8, 4) is 0 Å². The number of carboxylic acid groups (broad SMARTS) is 1. The van der Waals surface area contributed by atoms with Crippen molar-refractivity contribution in [3.05, 3.63) is 17.5 Å². The fraction of sp³-hybridized carbons (Fsp3) is 0.333. The minimum atomic E-state index is -5.17. The Bertz CT molecular complexity index is 383. The molecule has 0 saturated carbocycles. The van der Waals surface area contributed by atoms with E-state index < -0.39 is 34.6 Å². The van der Waals surface area contributed by atoms with Gasteiger partial charge in [0.15, 0.2) is 0 Å². The van der Waals surface area contributed by atoms with Gasteiger partial charge < -0.3 is 5.11 Å². The van der Waals surface area contributed by atoms with Crippen molar-refractivity contribution >= 4 is 5.97 Å². The summed E-state index contributed by atoms with van der Waals surface area (Å²) >= 11 is 0. The van der Waals surface area contributed by atoms with Crippen LogP contribution < -0.4 is 0 Å². The average molecular weight is 230 g/mol. The predicted octanol–water partition coefficient (Wildman–Crippen LogP) is 2.00. The molecule has 84 valence electrons. The molecular formula is C6H3F5N2O2. The molecule has 0 aliphatic heterocycles. The topological polar surface area (TPSA) is 55.1 Å². The fourth-order valence-electron chi connectivity index (χ4n) is 0.935. The Morgan fingerprint density at radius 3 is 2.33 bits per heavy atom. The van der Waals surface area contributed by atoms with Crippen LogP contribution in [0.15, 0.2) is 6.20 Å². The molecule has 9 heteroatoms. The van der Waals surface area contributed by atoms with Gasteiger partial charge >= 0.3 is 12.3 Å². The van der Waals surface area contributed by atoms with E-state index in [0.29, 0.717) is 0 Å². The molecule has 0 radical (unpaired) electrons. The van der Waals surface area contributed by atoms with Gasteiger partial charge in [-0.1, -0.05) is 0 Å². The minimum absolute atomic E-state index is 0.233. The van der Waals surface area contributed by atoms with E-state index in [1.165, 1.54) is 0 Å². The van der Waals surface area contributed by atoms with Crippen molar-refractivity contribution in [2.24, 2.45) is 0 Å². The van der Waals surface area contributed by atoms with Gasteiger partial charge in [-0.3, -0.25) is 0 Å². The quantitative estimate of drug-likeness (QED) is 0.790. The number of hydrogen-bond acceptors (Lipinski definition) is 2. The number of nitrogens with zero attached hydrogens (tertiary/aromatic N) is 2. The molecule has 1 rings (SSSR count). The third-order valence-electron chi connectivity index (χ3n) is 1.48. The predicted molar refractivity (Wildman–Crippen MR) is 35.4 cm³/mol. The maximum Gasteiger partial charge on any atom is 0.504 e. The zero-order chi connectivity index (χ0) is 11.8. The van der Waals surface area contributed by atoms with Crippen molar-refractivity contribution < 1.29 is 31.9 Å². The van der Waals surface area contributed by atoms with E-state index in [9.17, 15) is 26.7 Å². The molecule has 0 unspecified atom stereocenters. The number of aromatic carboxylic acids is 1. The monoisotopic (exact) mass is 230 g/mol. The van der Waals surface area contributed by atoms with Crippen LogP contribution in [0.25, 0.3) is 0 Å². The average Bonchev–Trinajstić information content (AvgIpc) is 2.45. The summed E-state index contributed by atoms with van der Waals surface area (Å²) in [6, 6.07) is 0. The van der Waals surface area contributed by atoms with Crippen LogP contribution in [0, 0.1) is 0 Å². The van der Waals surface area contributed by atoms with Crippen molar-refractivity contribution in [3.63, 3.8) is 0 Å². The van der Waals surface area contributed by atoms with Gasteiger partial charge in [0.25, 0.3) is 6.43 Å². The van der Waals surface area contributed by atoms with Gasteiger partial charge in [-0.15, -0.1) is 13.2 Å². The molecule has 0 amide bonds. The normalized spacial score (nSPS) is 12.1. The molecule has 1 aromatic heterocycles. The number of aromatic nitrogens is 2. The van der Waals surface area contributed by atoms with E-state index in [1.54, 1.807) is 0 Å². The van der Waals surface area contributed by atoms with Crippen LogP contribution in [-0.4, -0.2) is 20.9 Å². The Morgan fingerprint density at radius 2 is 2.00 bits per heavy atom. The Kier molecular flexibility index (Phi) is 2.65. The van der Waals surface area contributed by atoms with Crippen molar-refractivity contribution in [2.75, 3.05) is 0 Å². The van der Waals surface area contributed by atoms with E-state index in [1.807, 2.05) is 0 Å². The number of alkyl halides is 5. The highest BCUT2D eigenvalue weighted by atomic mass is 19.4. The number of carboxylic acids is 1. The van der Waals surface area contributed by atoms with Gasteiger partial charge in [0.2, 0.25) is 0 Å². The third kappa shape index (κ3) is 2.05. The Balaban J connectivity index is 3.37. The smallest absolute Gasteiger partial charge is 0.478 e. The summed E-state index contributed by atoms with van der Waals surface area (Å²) < 4.78 is 59.6. The molecule has 0 saturated heterocycles. The first-order valence-corrected chi connectivity index (χ1v) is 3.41. The summed E-state index contributed by atoms with van der Waals surface area (Å²) in [6.07, 6.45) is -8.50. The lowest BCUT2D eigenvalue weighted by molar-refractivity contribution is -0.216. The lowest BCUT2D eigenvalue weighted by Gasteiger charge is -2.10. The molecule has 0 aromatic carbocycles. The summed E-state index contributed by atoms with van der Waals surface area (Å²) in [5, 5.41) is 10.9. The molecule has 15 heavy (non-hydrogen) atoms. The van der Waals surface area contributed by atoms with Crippen molar-refractivity contribution in [1.29, 1.82) is 0 Å².